The summed E-state index contributed by atoms with van der Waals surface area (Å²) in [7, 11) is 0. The topological polar surface area (TPSA) is 36.4 Å². The summed E-state index contributed by atoms with van der Waals surface area (Å²) in [6.45, 7) is 3.10. The zero-order valence-corrected chi connectivity index (χ0v) is 11.7. The van der Waals surface area contributed by atoms with Crippen LogP contribution in [0.2, 0.25) is 5.15 Å². The Morgan fingerprint density at radius 3 is 2.65 bits per heavy atom. The summed E-state index contributed by atoms with van der Waals surface area (Å²) < 4.78 is 0. The van der Waals surface area contributed by atoms with Gasteiger partial charge in [-0.05, 0) is 19.8 Å². The van der Waals surface area contributed by atoms with Gasteiger partial charge in [-0.15, -0.1) is 0 Å². The van der Waals surface area contributed by atoms with E-state index in [1.54, 1.807) is 0 Å². The molecular formula is C12H19ClN2OS. The Balaban J connectivity index is 2.15. The summed E-state index contributed by atoms with van der Waals surface area (Å²) in [5, 5.41) is 10.6. The van der Waals surface area contributed by atoms with E-state index in [0.717, 1.165) is 16.6 Å². The fraction of sp³-hybridized carbons (Fsp3) is 0.750. The van der Waals surface area contributed by atoms with Crippen LogP contribution in [0.3, 0.4) is 0 Å². The molecule has 0 saturated heterocycles. The second-order valence-electron chi connectivity index (χ2n) is 4.45. The van der Waals surface area contributed by atoms with Gasteiger partial charge in [-0.2, -0.15) is 0 Å². The second-order valence-corrected chi connectivity index (χ2v) is 5.87. The molecular weight excluding hydrogens is 256 g/mol. The number of hydrogen-bond donors (Lipinski definition) is 1. The minimum absolute atomic E-state index is 0.0152. The normalized spacial score (nSPS) is 17.4. The van der Waals surface area contributed by atoms with Crippen LogP contribution in [0.5, 0.6) is 0 Å². The lowest BCUT2D eigenvalue weighted by atomic mass is 9.94. The molecule has 1 N–H and O–H groups in total. The van der Waals surface area contributed by atoms with Gasteiger partial charge in [0, 0.05) is 12.6 Å². The van der Waals surface area contributed by atoms with Crippen molar-refractivity contribution in [1.29, 1.82) is 0 Å². The summed E-state index contributed by atoms with van der Waals surface area (Å²) in [5.41, 5.74) is 0. The molecule has 1 aliphatic carbocycles. The number of thiazole rings is 1. The van der Waals surface area contributed by atoms with E-state index in [9.17, 15) is 0 Å². The molecule has 0 spiro atoms. The van der Waals surface area contributed by atoms with E-state index in [1.807, 2.05) is 0 Å². The van der Waals surface area contributed by atoms with Gasteiger partial charge in [-0.3, -0.25) is 0 Å². The lowest BCUT2D eigenvalue weighted by molar-refractivity contribution is 0.285. The first-order valence-electron chi connectivity index (χ1n) is 6.29. The van der Waals surface area contributed by atoms with Gasteiger partial charge >= 0.3 is 0 Å². The zero-order valence-electron chi connectivity index (χ0n) is 10.2. The number of halogens is 1. The Bertz CT molecular complexity index is 363. The first-order chi connectivity index (χ1) is 8.26. The van der Waals surface area contributed by atoms with Gasteiger partial charge in [0.2, 0.25) is 0 Å². The van der Waals surface area contributed by atoms with Crippen LogP contribution in [0, 0.1) is 0 Å². The quantitative estimate of drug-likeness (QED) is 0.914. The largest absolute Gasteiger partial charge is 0.391 e. The molecule has 1 fully saturated rings. The summed E-state index contributed by atoms with van der Waals surface area (Å²) in [6.07, 6.45) is 6.48. The molecule has 1 aromatic heterocycles. The van der Waals surface area contributed by atoms with Crippen molar-refractivity contribution in [3.8, 4) is 0 Å². The minimum atomic E-state index is -0.0152. The van der Waals surface area contributed by atoms with Gasteiger partial charge in [0.15, 0.2) is 5.13 Å². The highest BCUT2D eigenvalue weighted by Crippen LogP contribution is 2.33. The molecule has 0 atom stereocenters. The van der Waals surface area contributed by atoms with Gasteiger partial charge in [-0.25, -0.2) is 4.98 Å². The molecule has 0 radical (unpaired) electrons. The van der Waals surface area contributed by atoms with Crippen LogP contribution in [-0.2, 0) is 6.61 Å². The third-order valence-electron chi connectivity index (χ3n) is 3.38. The molecule has 1 saturated carbocycles. The molecule has 1 heterocycles. The molecule has 3 nitrogen and oxygen atoms in total. The fourth-order valence-corrected chi connectivity index (χ4v) is 3.74. The maximum atomic E-state index is 9.16. The molecule has 0 amide bonds. The van der Waals surface area contributed by atoms with Crippen LogP contribution >= 0.6 is 22.9 Å². The van der Waals surface area contributed by atoms with E-state index in [1.165, 1.54) is 43.4 Å². The van der Waals surface area contributed by atoms with Gasteiger partial charge in [-0.1, -0.05) is 42.2 Å². The number of nitrogens with zero attached hydrogens (tertiary/aromatic N) is 2. The molecule has 0 aromatic carbocycles. The van der Waals surface area contributed by atoms with Crippen molar-refractivity contribution in [1.82, 2.24) is 4.98 Å². The smallest absolute Gasteiger partial charge is 0.187 e. The Hall–Kier alpha value is -0.320. The molecule has 17 heavy (non-hydrogen) atoms. The average Bonchev–Trinajstić information content (AvgIpc) is 2.73. The average molecular weight is 275 g/mol. The van der Waals surface area contributed by atoms with Crippen LogP contribution in [0.4, 0.5) is 5.13 Å². The fourth-order valence-electron chi connectivity index (χ4n) is 2.48. The summed E-state index contributed by atoms with van der Waals surface area (Å²) >= 11 is 7.52. The van der Waals surface area contributed by atoms with Crippen molar-refractivity contribution in [2.24, 2.45) is 0 Å². The Kier molecular flexibility index (Phi) is 4.65. The molecule has 0 unspecified atom stereocenters. The third-order valence-corrected chi connectivity index (χ3v) is 4.89. The van der Waals surface area contributed by atoms with E-state index < -0.39 is 0 Å². The van der Waals surface area contributed by atoms with E-state index >= 15 is 0 Å². The van der Waals surface area contributed by atoms with Crippen LogP contribution in [-0.4, -0.2) is 22.7 Å². The number of rotatable bonds is 4. The third kappa shape index (κ3) is 2.92. The van der Waals surface area contributed by atoms with Crippen LogP contribution in [0.15, 0.2) is 0 Å². The van der Waals surface area contributed by atoms with Crippen LogP contribution in [0.1, 0.15) is 43.9 Å². The molecule has 96 valence electrons. The molecule has 1 aromatic rings. The summed E-state index contributed by atoms with van der Waals surface area (Å²) in [4.78, 5) is 7.49. The van der Waals surface area contributed by atoms with E-state index in [0.29, 0.717) is 11.2 Å². The van der Waals surface area contributed by atoms with Crippen LogP contribution < -0.4 is 4.90 Å². The Morgan fingerprint density at radius 2 is 2.12 bits per heavy atom. The predicted octanol–water partition coefficient (Wildman–Crippen LogP) is 3.45. The highest BCUT2D eigenvalue weighted by Gasteiger charge is 2.23. The Morgan fingerprint density at radius 1 is 1.41 bits per heavy atom. The maximum Gasteiger partial charge on any atom is 0.187 e. The maximum absolute atomic E-state index is 9.16. The van der Waals surface area contributed by atoms with Gasteiger partial charge < -0.3 is 10.0 Å². The van der Waals surface area contributed by atoms with Gasteiger partial charge in [0.1, 0.15) is 5.15 Å². The van der Waals surface area contributed by atoms with Crippen molar-refractivity contribution in [3.05, 3.63) is 10.0 Å². The lowest BCUT2D eigenvalue weighted by Gasteiger charge is -2.33. The molecule has 0 aliphatic heterocycles. The first-order valence-corrected chi connectivity index (χ1v) is 7.48. The van der Waals surface area contributed by atoms with E-state index in [-0.39, 0.29) is 6.61 Å². The van der Waals surface area contributed by atoms with Gasteiger partial charge in [0.05, 0.1) is 11.5 Å². The molecule has 5 heteroatoms. The first kappa shape index (κ1) is 13.1. The number of hydrogen-bond acceptors (Lipinski definition) is 4. The monoisotopic (exact) mass is 274 g/mol. The second kappa shape index (κ2) is 6.03. The van der Waals surface area contributed by atoms with Crippen molar-refractivity contribution < 1.29 is 5.11 Å². The predicted molar refractivity (Wildman–Crippen MR) is 72.9 cm³/mol. The molecule has 2 rings (SSSR count). The van der Waals surface area contributed by atoms with Crippen molar-refractivity contribution in [2.45, 2.75) is 51.7 Å². The Labute approximate surface area is 111 Å². The highest BCUT2D eigenvalue weighted by atomic mass is 35.5. The van der Waals surface area contributed by atoms with Crippen molar-refractivity contribution >= 4 is 28.1 Å². The number of aliphatic hydroxyl groups is 1. The standard InChI is InChI=1S/C12H19ClN2OS/c1-2-15(9-6-4-3-5-7-9)12-14-11(13)10(8-16)17-12/h9,16H,2-8H2,1H3. The van der Waals surface area contributed by atoms with E-state index in [4.69, 9.17) is 16.7 Å². The number of anilines is 1. The van der Waals surface area contributed by atoms with E-state index in [2.05, 4.69) is 16.8 Å². The summed E-state index contributed by atoms with van der Waals surface area (Å²) in [5.74, 6) is 0. The lowest BCUT2D eigenvalue weighted by Crippen LogP contribution is -2.36. The zero-order chi connectivity index (χ0) is 12.3. The van der Waals surface area contributed by atoms with Crippen LogP contribution in [0.25, 0.3) is 0 Å². The number of aliphatic hydroxyl groups excluding tert-OH is 1. The SMILES string of the molecule is CCN(c1nc(Cl)c(CO)s1)C1CCCCC1. The minimum Gasteiger partial charge on any atom is -0.391 e. The highest BCUT2D eigenvalue weighted by molar-refractivity contribution is 7.16. The van der Waals surface area contributed by atoms with Crippen molar-refractivity contribution in [2.75, 3.05) is 11.4 Å². The van der Waals surface area contributed by atoms with Crippen molar-refractivity contribution in [3.63, 3.8) is 0 Å². The van der Waals surface area contributed by atoms with Gasteiger partial charge in [0.25, 0.3) is 0 Å². The summed E-state index contributed by atoms with van der Waals surface area (Å²) in [6, 6.07) is 0.600. The number of aromatic nitrogens is 1. The molecule has 1 aliphatic rings. The molecule has 0 bridgehead atoms.